The Morgan fingerprint density at radius 2 is 2.20 bits per heavy atom. The van der Waals surface area contributed by atoms with E-state index < -0.39 is 15.8 Å². The molecular formula is C11H12ClFN4O2S. The van der Waals surface area contributed by atoms with E-state index in [-0.39, 0.29) is 15.6 Å². The van der Waals surface area contributed by atoms with E-state index in [4.69, 9.17) is 17.3 Å². The maximum Gasteiger partial charge on any atom is 0.265 e. The van der Waals surface area contributed by atoms with Gasteiger partial charge in [-0.05, 0) is 18.2 Å². The number of hydrogen-bond donors (Lipinski definition) is 2. The molecule has 0 fully saturated rings. The summed E-state index contributed by atoms with van der Waals surface area (Å²) in [6, 6.07) is 3.60. The Labute approximate surface area is 120 Å². The first kappa shape index (κ1) is 14.8. The smallest absolute Gasteiger partial charge is 0.265 e. The minimum Gasteiger partial charge on any atom is -0.329 e. The van der Waals surface area contributed by atoms with Crippen molar-refractivity contribution in [1.82, 2.24) is 9.78 Å². The zero-order valence-corrected chi connectivity index (χ0v) is 11.8. The number of aromatic nitrogens is 2. The maximum atomic E-state index is 13.5. The minimum absolute atomic E-state index is 0.0784. The van der Waals surface area contributed by atoms with Crippen LogP contribution in [-0.2, 0) is 16.6 Å². The zero-order valence-electron chi connectivity index (χ0n) is 10.3. The van der Waals surface area contributed by atoms with Crippen molar-refractivity contribution in [1.29, 1.82) is 0 Å². The van der Waals surface area contributed by atoms with E-state index in [0.29, 0.717) is 13.1 Å². The van der Waals surface area contributed by atoms with Crippen LogP contribution in [0.3, 0.4) is 0 Å². The van der Waals surface area contributed by atoms with Crippen molar-refractivity contribution in [2.24, 2.45) is 5.73 Å². The van der Waals surface area contributed by atoms with Crippen molar-refractivity contribution >= 4 is 27.3 Å². The second-order valence-electron chi connectivity index (χ2n) is 3.96. The van der Waals surface area contributed by atoms with Gasteiger partial charge >= 0.3 is 0 Å². The Balaban J connectivity index is 2.28. The molecule has 20 heavy (non-hydrogen) atoms. The van der Waals surface area contributed by atoms with Crippen molar-refractivity contribution in [2.75, 3.05) is 11.3 Å². The van der Waals surface area contributed by atoms with E-state index in [0.717, 1.165) is 6.07 Å². The fourth-order valence-corrected chi connectivity index (χ4v) is 2.70. The Bertz CT molecular complexity index is 717. The van der Waals surface area contributed by atoms with Crippen molar-refractivity contribution < 1.29 is 12.8 Å². The molecule has 0 spiro atoms. The molecule has 0 atom stereocenters. The van der Waals surface area contributed by atoms with Crippen LogP contribution >= 0.6 is 11.6 Å². The number of sulfonamides is 1. The van der Waals surface area contributed by atoms with Crippen LogP contribution in [0.4, 0.5) is 10.1 Å². The standard InChI is InChI=1S/C11H12ClFN4O2S/c12-8-1-2-10(13)11(5-8)16-20(18,19)9-6-15-17(7-9)4-3-14/h1-2,5-7,16H,3-4,14H2. The van der Waals surface area contributed by atoms with Crippen molar-refractivity contribution in [3.05, 3.63) is 41.4 Å². The molecule has 0 aliphatic heterocycles. The van der Waals surface area contributed by atoms with Gasteiger partial charge in [-0.1, -0.05) is 11.6 Å². The quantitative estimate of drug-likeness (QED) is 0.872. The van der Waals surface area contributed by atoms with E-state index in [1.807, 2.05) is 0 Å². The number of nitrogens with one attached hydrogen (secondary N) is 1. The molecule has 0 aliphatic carbocycles. The molecule has 0 saturated carbocycles. The van der Waals surface area contributed by atoms with Gasteiger partial charge in [-0.3, -0.25) is 9.40 Å². The van der Waals surface area contributed by atoms with Crippen molar-refractivity contribution in [3.8, 4) is 0 Å². The third kappa shape index (κ3) is 3.27. The van der Waals surface area contributed by atoms with Crippen LogP contribution in [0, 0.1) is 5.82 Å². The summed E-state index contributed by atoms with van der Waals surface area (Å²) in [6.07, 6.45) is 2.48. The van der Waals surface area contributed by atoms with Gasteiger partial charge in [0.05, 0.1) is 18.4 Å². The number of rotatable bonds is 5. The van der Waals surface area contributed by atoms with Gasteiger partial charge in [-0.2, -0.15) is 5.10 Å². The molecule has 0 saturated heterocycles. The molecule has 0 bridgehead atoms. The summed E-state index contributed by atoms with van der Waals surface area (Å²) in [6.45, 7) is 0.721. The summed E-state index contributed by atoms with van der Waals surface area (Å²) >= 11 is 5.71. The summed E-state index contributed by atoms with van der Waals surface area (Å²) < 4.78 is 41.2. The normalized spacial score (nSPS) is 11.6. The van der Waals surface area contributed by atoms with Gasteiger partial charge in [0.25, 0.3) is 10.0 Å². The van der Waals surface area contributed by atoms with Gasteiger partial charge in [-0.25, -0.2) is 12.8 Å². The number of nitrogens with two attached hydrogens (primary N) is 1. The summed E-state index contributed by atoms with van der Waals surface area (Å²) in [4.78, 5) is -0.0784. The lowest BCUT2D eigenvalue weighted by molar-refractivity contribution is 0.597. The zero-order chi connectivity index (χ0) is 14.8. The first-order chi connectivity index (χ1) is 9.42. The molecule has 6 nitrogen and oxygen atoms in total. The molecular weight excluding hydrogens is 307 g/mol. The van der Waals surface area contributed by atoms with E-state index in [2.05, 4.69) is 9.82 Å². The van der Waals surface area contributed by atoms with Crippen LogP contribution < -0.4 is 10.5 Å². The first-order valence-corrected chi connectivity index (χ1v) is 7.49. The highest BCUT2D eigenvalue weighted by atomic mass is 35.5. The lowest BCUT2D eigenvalue weighted by Crippen LogP contribution is -2.14. The molecule has 108 valence electrons. The van der Waals surface area contributed by atoms with Gasteiger partial charge in [0.15, 0.2) is 0 Å². The number of halogens is 2. The average molecular weight is 319 g/mol. The lowest BCUT2D eigenvalue weighted by atomic mass is 10.3. The first-order valence-electron chi connectivity index (χ1n) is 5.63. The summed E-state index contributed by atoms with van der Waals surface area (Å²) in [5, 5.41) is 4.08. The predicted octanol–water partition coefficient (Wildman–Crippen LogP) is 1.44. The fraction of sp³-hybridized carbons (Fsp3) is 0.182. The SMILES string of the molecule is NCCn1cc(S(=O)(=O)Nc2cc(Cl)ccc2F)cn1. The Hall–Kier alpha value is -1.64. The van der Waals surface area contributed by atoms with E-state index >= 15 is 0 Å². The molecule has 1 aromatic carbocycles. The van der Waals surface area contributed by atoms with Crippen LogP contribution in [-0.4, -0.2) is 24.7 Å². The molecule has 0 aliphatic rings. The second kappa shape index (κ2) is 5.78. The number of hydrogen-bond acceptors (Lipinski definition) is 4. The van der Waals surface area contributed by atoms with E-state index in [9.17, 15) is 12.8 Å². The third-order valence-corrected chi connectivity index (χ3v) is 4.01. The fourth-order valence-electron chi connectivity index (χ4n) is 1.52. The Morgan fingerprint density at radius 3 is 2.90 bits per heavy atom. The van der Waals surface area contributed by atoms with Crippen LogP contribution in [0.15, 0.2) is 35.5 Å². The lowest BCUT2D eigenvalue weighted by Gasteiger charge is -2.07. The highest BCUT2D eigenvalue weighted by Gasteiger charge is 2.18. The highest BCUT2D eigenvalue weighted by molar-refractivity contribution is 7.92. The largest absolute Gasteiger partial charge is 0.329 e. The molecule has 1 aromatic heterocycles. The third-order valence-electron chi connectivity index (χ3n) is 2.45. The van der Waals surface area contributed by atoms with E-state index in [1.165, 1.54) is 29.2 Å². The van der Waals surface area contributed by atoms with Gasteiger partial charge < -0.3 is 5.73 Å². The molecule has 1 heterocycles. The molecule has 9 heteroatoms. The minimum atomic E-state index is -3.92. The topological polar surface area (TPSA) is 90.0 Å². The number of anilines is 1. The second-order valence-corrected chi connectivity index (χ2v) is 6.08. The van der Waals surface area contributed by atoms with Gasteiger partial charge in [0.2, 0.25) is 0 Å². The van der Waals surface area contributed by atoms with Crippen molar-refractivity contribution in [3.63, 3.8) is 0 Å². The summed E-state index contributed by atoms with van der Waals surface area (Å²) in [7, 11) is -3.92. The predicted molar refractivity (Wildman–Crippen MR) is 73.5 cm³/mol. The number of nitrogens with zero attached hydrogens (tertiary/aromatic N) is 2. The molecule has 3 N–H and O–H groups in total. The van der Waals surface area contributed by atoms with Crippen LogP contribution in [0.1, 0.15) is 0 Å². The van der Waals surface area contributed by atoms with Gasteiger partial charge in [0, 0.05) is 17.8 Å². The highest BCUT2D eigenvalue weighted by Crippen LogP contribution is 2.22. The average Bonchev–Trinajstić information content (AvgIpc) is 2.83. The monoisotopic (exact) mass is 318 g/mol. The molecule has 2 rings (SSSR count). The molecule has 0 amide bonds. The maximum absolute atomic E-state index is 13.5. The van der Waals surface area contributed by atoms with Crippen LogP contribution in [0.2, 0.25) is 5.02 Å². The van der Waals surface area contributed by atoms with Gasteiger partial charge in [-0.15, -0.1) is 0 Å². The number of benzene rings is 1. The molecule has 0 radical (unpaired) electrons. The summed E-state index contributed by atoms with van der Waals surface area (Å²) in [5.74, 6) is -0.715. The Morgan fingerprint density at radius 1 is 1.45 bits per heavy atom. The Kier molecular flexibility index (Phi) is 4.26. The van der Waals surface area contributed by atoms with Crippen LogP contribution in [0.25, 0.3) is 0 Å². The van der Waals surface area contributed by atoms with Crippen LogP contribution in [0.5, 0.6) is 0 Å². The molecule has 0 unspecified atom stereocenters. The van der Waals surface area contributed by atoms with Crippen molar-refractivity contribution in [2.45, 2.75) is 11.4 Å². The van der Waals surface area contributed by atoms with E-state index in [1.54, 1.807) is 0 Å². The summed E-state index contributed by atoms with van der Waals surface area (Å²) in [5.41, 5.74) is 5.13. The van der Waals surface area contributed by atoms with Gasteiger partial charge in [0.1, 0.15) is 10.7 Å². The molecule has 2 aromatic rings.